The van der Waals surface area contributed by atoms with Crippen LogP contribution in [0.15, 0.2) is 42.5 Å². The molecule has 20 heavy (non-hydrogen) atoms. The minimum atomic E-state index is -0.804. The molecule has 0 bridgehead atoms. The summed E-state index contributed by atoms with van der Waals surface area (Å²) < 4.78 is 5.85. The summed E-state index contributed by atoms with van der Waals surface area (Å²) in [4.78, 5) is 10.9. The summed E-state index contributed by atoms with van der Waals surface area (Å²) >= 11 is 0. The highest BCUT2D eigenvalue weighted by Gasteiger charge is 2.29. The van der Waals surface area contributed by atoms with Gasteiger partial charge in [-0.2, -0.15) is 0 Å². The Balaban J connectivity index is 1.67. The molecule has 0 spiro atoms. The number of carbonyl (C=O) groups is 1. The summed E-state index contributed by atoms with van der Waals surface area (Å²) in [5, 5.41) is 14.3. The number of aliphatic carboxylic acids is 1. The maximum atomic E-state index is 10.9. The molecule has 4 nitrogen and oxygen atoms in total. The summed E-state index contributed by atoms with van der Waals surface area (Å²) in [6.45, 7) is 1.11. The van der Waals surface area contributed by atoms with Gasteiger partial charge in [-0.25, -0.2) is 0 Å². The van der Waals surface area contributed by atoms with E-state index in [0.29, 0.717) is 19.6 Å². The molecule has 0 amide bonds. The first-order valence-electron chi connectivity index (χ1n) is 6.78. The van der Waals surface area contributed by atoms with Crippen LogP contribution in [-0.2, 0) is 16.1 Å². The van der Waals surface area contributed by atoms with Crippen LogP contribution < -0.4 is 5.32 Å². The fourth-order valence-corrected chi connectivity index (χ4v) is 2.64. The molecule has 1 unspecified atom stereocenters. The molecular formula is C16H17NO3. The average Bonchev–Trinajstić information content (AvgIpc) is 2.94. The molecule has 2 aromatic rings. The smallest absolute Gasteiger partial charge is 0.320 e. The number of ether oxygens (including phenoxy) is 1. The Labute approximate surface area is 117 Å². The summed E-state index contributed by atoms with van der Waals surface area (Å²) in [7, 11) is 0. The number of benzene rings is 2. The fraction of sp³-hybridized carbons (Fsp3) is 0.312. The van der Waals surface area contributed by atoms with E-state index in [2.05, 4.69) is 29.6 Å². The predicted molar refractivity (Wildman–Crippen MR) is 76.6 cm³/mol. The van der Waals surface area contributed by atoms with E-state index >= 15 is 0 Å². The van der Waals surface area contributed by atoms with Gasteiger partial charge in [0.25, 0.3) is 0 Å². The second-order valence-corrected chi connectivity index (χ2v) is 5.11. The molecule has 104 valence electrons. The Morgan fingerprint density at radius 1 is 1.25 bits per heavy atom. The largest absolute Gasteiger partial charge is 0.480 e. The minimum absolute atomic E-state index is 0.0323. The third-order valence-electron chi connectivity index (χ3n) is 3.74. The first-order chi connectivity index (χ1) is 9.74. The van der Waals surface area contributed by atoms with E-state index in [1.54, 1.807) is 0 Å². The maximum Gasteiger partial charge on any atom is 0.320 e. The Morgan fingerprint density at radius 3 is 2.85 bits per heavy atom. The average molecular weight is 271 g/mol. The van der Waals surface area contributed by atoms with E-state index in [1.165, 1.54) is 10.8 Å². The van der Waals surface area contributed by atoms with Crippen molar-refractivity contribution in [2.24, 2.45) is 0 Å². The first kappa shape index (κ1) is 13.1. The summed E-state index contributed by atoms with van der Waals surface area (Å²) in [5.41, 5.74) is 1.14. The molecule has 0 radical (unpaired) electrons. The van der Waals surface area contributed by atoms with Crippen molar-refractivity contribution in [3.8, 4) is 0 Å². The highest BCUT2D eigenvalue weighted by molar-refractivity contribution is 5.85. The number of hydrogen-bond acceptors (Lipinski definition) is 3. The third-order valence-corrected chi connectivity index (χ3v) is 3.74. The molecule has 2 N–H and O–H groups in total. The quantitative estimate of drug-likeness (QED) is 0.894. The third kappa shape index (κ3) is 2.66. The number of carboxylic acids is 1. The van der Waals surface area contributed by atoms with E-state index in [-0.39, 0.29) is 6.10 Å². The van der Waals surface area contributed by atoms with Crippen LogP contribution in [0.1, 0.15) is 12.0 Å². The van der Waals surface area contributed by atoms with Crippen LogP contribution in [0, 0.1) is 0 Å². The topological polar surface area (TPSA) is 58.6 Å². The minimum Gasteiger partial charge on any atom is -0.480 e. The molecule has 1 saturated heterocycles. The van der Waals surface area contributed by atoms with Crippen molar-refractivity contribution in [3.05, 3.63) is 48.0 Å². The summed E-state index contributed by atoms with van der Waals surface area (Å²) in [6.07, 6.45) is 0.496. The van der Waals surface area contributed by atoms with Crippen molar-refractivity contribution in [2.45, 2.75) is 25.2 Å². The van der Waals surface area contributed by atoms with E-state index in [1.807, 2.05) is 18.2 Å². The van der Waals surface area contributed by atoms with Crippen molar-refractivity contribution in [1.82, 2.24) is 5.32 Å². The normalized spacial score (nSPS) is 22.2. The molecule has 2 aromatic carbocycles. The number of carboxylic acid groups (broad SMARTS) is 1. The molecule has 4 heteroatoms. The lowest BCUT2D eigenvalue weighted by molar-refractivity contribution is -0.139. The summed E-state index contributed by atoms with van der Waals surface area (Å²) in [5.74, 6) is -0.804. The zero-order valence-corrected chi connectivity index (χ0v) is 11.1. The molecule has 1 heterocycles. The lowest BCUT2D eigenvalue weighted by atomic mass is 10.1. The van der Waals surface area contributed by atoms with Gasteiger partial charge in [-0.05, 0) is 16.3 Å². The molecule has 1 aliphatic rings. The van der Waals surface area contributed by atoms with Crippen LogP contribution in [0.2, 0.25) is 0 Å². The van der Waals surface area contributed by atoms with Gasteiger partial charge >= 0.3 is 5.97 Å². The zero-order chi connectivity index (χ0) is 13.9. The van der Waals surface area contributed by atoms with E-state index in [4.69, 9.17) is 9.84 Å². The highest BCUT2D eigenvalue weighted by atomic mass is 16.5. The van der Waals surface area contributed by atoms with Gasteiger partial charge in [-0.1, -0.05) is 42.5 Å². The molecule has 3 rings (SSSR count). The van der Waals surface area contributed by atoms with Gasteiger partial charge in [0.05, 0.1) is 12.7 Å². The second kappa shape index (κ2) is 5.61. The van der Waals surface area contributed by atoms with Crippen LogP contribution >= 0.6 is 0 Å². The van der Waals surface area contributed by atoms with Crippen LogP contribution in [0.25, 0.3) is 10.8 Å². The lowest BCUT2D eigenvalue weighted by Crippen LogP contribution is -2.29. The molecule has 1 fully saturated rings. The highest BCUT2D eigenvalue weighted by Crippen LogP contribution is 2.21. The lowest BCUT2D eigenvalue weighted by Gasteiger charge is -2.12. The monoisotopic (exact) mass is 271 g/mol. The molecule has 0 aromatic heterocycles. The zero-order valence-electron chi connectivity index (χ0n) is 11.1. The van der Waals surface area contributed by atoms with Crippen molar-refractivity contribution in [2.75, 3.05) is 6.54 Å². The van der Waals surface area contributed by atoms with Gasteiger partial charge < -0.3 is 15.2 Å². The van der Waals surface area contributed by atoms with Crippen LogP contribution in [0.4, 0.5) is 0 Å². The van der Waals surface area contributed by atoms with Gasteiger partial charge in [-0.15, -0.1) is 0 Å². The van der Waals surface area contributed by atoms with Gasteiger partial charge in [0.2, 0.25) is 0 Å². The molecule has 2 atom stereocenters. The standard InChI is InChI=1S/C16H17NO3/c18-16(19)15-8-13(9-17-15)20-10-12-6-3-5-11-4-1-2-7-14(11)12/h1-7,13,15,17H,8-10H2,(H,18,19)/t13-,15?/m1/s1. The molecular weight excluding hydrogens is 254 g/mol. The van der Waals surface area contributed by atoms with Gasteiger partial charge in [-0.3, -0.25) is 4.79 Å². The second-order valence-electron chi connectivity index (χ2n) is 5.11. The van der Waals surface area contributed by atoms with Crippen molar-refractivity contribution in [1.29, 1.82) is 0 Å². The van der Waals surface area contributed by atoms with E-state index < -0.39 is 12.0 Å². The van der Waals surface area contributed by atoms with Gasteiger partial charge in [0.15, 0.2) is 0 Å². The Bertz CT molecular complexity index is 621. The van der Waals surface area contributed by atoms with Crippen molar-refractivity contribution >= 4 is 16.7 Å². The van der Waals surface area contributed by atoms with Crippen LogP contribution in [-0.4, -0.2) is 29.8 Å². The predicted octanol–water partition coefficient (Wildman–Crippen LogP) is 2.17. The summed E-state index contributed by atoms with van der Waals surface area (Å²) in [6, 6.07) is 13.9. The van der Waals surface area contributed by atoms with Crippen LogP contribution in [0.5, 0.6) is 0 Å². The number of rotatable bonds is 4. The van der Waals surface area contributed by atoms with Crippen molar-refractivity contribution in [3.63, 3.8) is 0 Å². The number of nitrogens with one attached hydrogen (secondary N) is 1. The van der Waals surface area contributed by atoms with E-state index in [0.717, 1.165) is 5.56 Å². The molecule has 1 aliphatic heterocycles. The SMILES string of the molecule is O=C(O)C1C[C@@H](OCc2cccc3ccccc23)CN1. The first-order valence-corrected chi connectivity index (χ1v) is 6.78. The van der Waals surface area contributed by atoms with E-state index in [9.17, 15) is 4.79 Å². The van der Waals surface area contributed by atoms with Crippen molar-refractivity contribution < 1.29 is 14.6 Å². The van der Waals surface area contributed by atoms with Gasteiger partial charge in [0, 0.05) is 13.0 Å². The number of hydrogen-bond donors (Lipinski definition) is 2. The van der Waals surface area contributed by atoms with Crippen LogP contribution in [0.3, 0.4) is 0 Å². The fourth-order valence-electron chi connectivity index (χ4n) is 2.64. The van der Waals surface area contributed by atoms with Gasteiger partial charge in [0.1, 0.15) is 6.04 Å². The molecule has 0 aliphatic carbocycles. The Kier molecular flexibility index (Phi) is 3.67. The Hall–Kier alpha value is -1.91. The Morgan fingerprint density at radius 2 is 2.05 bits per heavy atom. The molecule has 0 saturated carbocycles. The number of fused-ring (bicyclic) bond motifs is 1. The maximum absolute atomic E-state index is 10.9.